The van der Waals surface area contributed by atoms with E-state index in [2.05, 4.69) is 15.3 Å². The first-order valence-corrected chi connectivity index (χ1v) is 4.91. The lowest BCUT2D eigenvalue weighted by molar-refractivity contribution is 0.743. The molecule has 0 unspecified atom stereocenters. The standard InChI is InChI=1S/C10H15N3/c1-8-6-7-11-10(12-8)13-9-4-2-3-5-9/h6-7,9H,2-5H2,1H3,(H,11,12,13). The molecule has 3 heteroatoms. The first kappa shape index (κ1) is 8.48. The van der Waals surface area contributed by atoms with Gasteiger partial charge in [0.05, 0.1) is 0 Å². The van der Waals surface area contributed by atoms with E-state index in [1.165, 1.54) is 25.7 Å². The van der Waals surface area contributed by atoms with Gasteiger partial charge in [-0.15, -0.1) is 0 Å². The van der Waals surface area contributed by atoms with Crippen molar-refractivity contribution < 1.29 is 0 Å². The Morgan fingerprint density at radius 2 is 2.15 bits per heavy atom. The Bertz CT molecular complexity index is 279. The number of hydrogen-bond donors (Lipinski definition) is 1. The van der Waals surface area contributed by atoms with E-state index >= 15 is 0 Å². The van der Waals surface area contributed by atoms with Crippen LogP contribution in [0.2, 0.25) is 0 Å². The molecule has 1 aromatic heterocycles. The molecule has 1 aromatic rings. The van der Waals surface area contributed by atoms with E-state index in [-0.39, 0.29) is 0 Å². The molecule has 0 atom stereocenters. The summed E-state index contributed by atoms with van der Waals surface area (Å²) in [5.74, 6) is 0.784. The van der Waals surface area contributed by atoms with Gasteiger partial charge in [-0.2, -0.15) is 0 Å². The highest BCUT2D eigenvalue weighted by atomic mass is 15.1. The van der Waals surface area contributed by atoms with E-state index < -0.39 is 0 Å². The number of aromatic nitrogens is 2. The number of anilines is 1. The molecule has 2 rings (SSSR count). The van der Waals surface area contributed by atoms with E-state index in [1.54, 1.807) is 6.20 Å². The minimum atomic E-state index is 0.599. The fourth-order valence-corrected chi connectivity index (χ4v) is 1.77. The van der Waals surface area contributed by atoms with Crippen molar-refractivity contribution in [1.29, 1.82) is 0 Å². The third-order valence-electron chi connectivity index (χ3n) is 2.48. The summed E-state index contributed by atoms with van der Waals surface area (Å²) >= 11 is 0. The number of rotatable bonds is 2. The van der Waals surface area contributed by atoms with Crippen molar-refractivity contribution in [3.05, 3.63) is 18.0 Å². The third kappa shape index (κ3) is 2.17. The van der Waals surface area contributed by atoms with Gasteiger partial charge in [-0.3, -0.25) is 0 Å². The van der Waals surface area contributed by atoms with Crippen LogP contribution in [0.5, 0.6) is 0 Å². The summed E-state index contributed by atoms with van der Waals surface area (Å²) in [7, 11) is 0. The Morgan fingerprint density at radius 1 is 1.38 bits per heavy atom. The molecule has 1 saturated carbocycles. The summed E-state index contributed by atoms with van der Waals surface area (Å²) in [6.07, 6.45) is 7.00. The highest BCUT2D eigenvalue weighted by Gasteiger charge is 2.15. The van der Waals surface area contributed by atoms with Crippen molar-refractivity contribution in [2.75, 3.05) is 5.32 Å². The van der Waals surface area contributed by atoms with Gasteiger partial charge in [-0.25, -0.2) is 9.97 Å². The van der Waals surface area contributed by atoms with Crippen molar-refractivity contribution in [1.82, 2.24) is 9.97 Å². The normalized spacial score (nSPS) is 17.6. The second-order valence-electron chi connectivity index (χ2n) is 3.65. The Hall–Kier alpha value is -1.12. The van der Waals surface area contributed by atoms with Gasteiger partial charge in [0.15, 0.2) is 0 Å². The molecular weight excluding hydrogens is 162 g/mol. The van der Waals surface area contributed by atoms with E-state index in [0.717, 1.165) is 11.6 Å². The van der Waals surface area contributed by atoms with Crippen molar-refractivity contribution in [3.63, 3.8) is 0 Å². The summed E-state index contributed by atoms with van der Waals surface area (Å²) in [6, 6.07) is 2.52. The molecule has 13 heavy (non-hydrogen) atoms. The van der Waals surface area contributed by atoms with Gasteiger partial charge in [0.25, 0.3) is 0 Å². The molecule has 1 aliphatic rings. The maximum Gasteiger partial charge on any atom is 0.223 e. The van der Waals surface area contributed by atoms with Crippen LogP contribution in [0.4, 0.5) is 5.95 Å². The van der Waals surface area contributed by atoms with Gasteiger partial charge >= 0.3 is 0 Å². The fraction of sp³-hybridized carbons (Fsp3) is 0.600. The molecule has 0 bridgehead atoms. The summed E-state index contributed by atoms with van der Waals surface area (Å²) < 4.78 is 0. The molecule has 70 valence electrons. The third-order valence-corrected chi connectivity index (χ3v) is 2.48. The zero-order chi connectivity index (χ0) is 9.10. The highest BCUT2D eigenvalue weighted by Crippen LogP contribution is 2.20. The Balaban J connectivity index is 2.00. The predicted molar refractivity (Wildman–Crippen MR) is 52.6 cm³/mol. The Kier molecular flexibility index (Phi) is 2.43. The lowest BCUT2D eigenvalue weighted by Crippen LogP contribution is -2.16. The lowest BCUT2D eigenvalue weighted by Gasteiger charge is -2.11. The molecule has 0 aromatic carbocycles. The van der Waals surface area contributed by atoms with Crippen LogP contribution in [0.25, 0.3) is 0 Å². The van der Waals surface area contributed by atoms with Crippen molar-refractivity contribution in [2.24, 2.45) is 0 Å². The van der Waals surface area contributed by atoms with Gasteiger partial charge in [0.2, 0.25) is 5.95 Å². The van der Waals surface area contributed by atoms with E-state index in [0.29, 0.717) is 6.04 Å². The van der Waals surface area contributed by atoms with Crippen LogP contribution in [0.1, 0.15) is 31.4 Å². The first-order valence-electron chi connectivity index (χ1n) is 4.91. The Labute approximate surface area is 78.6 Å². The van der Waals surface area contributed by atoms with E-state index in [9.17, 15) is 0 Å². The highest BCUT2D eigenvalue weighted by molar-refractivity contribution is 5.26. The van der Waals surface area contributed by atoms with Gasteiger partial charge in [0.1, 0.15) is 0 Å². The molecule has 0 saturated heterocycles. The van der Waals surface area contributed by atoms with Gasteiger partial charge in [-0.1, -0.05) is 12.8 Å². The van der Waals surface area contributed by atoms with Crippen LogP contribution in [0.15, 0.2) is 12.3 Å². The monoisotopic (exact) mass is 177 g/mol. The second kappa shape index (κ2) is 3.73. The smallest absolute Gasteiger partial charge is 0.223 e. The molecule has 1 aliphatic carbocycles. The average Bonchev–Trinajstić information content (AvgIpc) is 2.57. The SMILES string of the molecule is Cc1ccnc(NC2CCCC2)n1. The van der Waals surface area contributed by atoms with E-state index in [1.807, 2.05) is 13.0 Å². The average molecular weight is 177 g/mol. The van der Waals surface area contributed by atoms with Crippen LogP contribution in [0.3, 0.4) is 0 Å². The van der Waals surface area contributed by atoms with Crippen LogP contribution >= 0.6 is 0 Å². The van der Waals surface area contributed by atoms with Gasteiger partial charge in [0, 0.05) is 17.9 Å². The molecule has 3 nitrogen and oxygen atoms in total. The topological polar surface area (TPSA) is 37.8 Å². The molecule has 1 heterocycles. The van der Waals surface area contributed by atoms with Gasteiger partial charge < -0.3 is 5.32 Å². The molecule has 0 amide bonds. The number of nitrogens with zero attached hydrogens (tertiary/aromatic N) is 2. The summed E-state index contributed by atoms with van der Waals surface area (Å²) in [5.41, 5.74) is 1.02. The molecule has 1 N–H and O–H groups in total. The lowest BCUT2D eigenvalue weighted by atomic mass is 10.2. The summed E-state index contributed by atoms with van der Waals surface area (Å²) in [4.78, 5) is 8.50. The van der Waals surface area contributed by atoms with Crippen LogP contribution in [-0.4, -0.2) is 16.0 Å². The van der Waals surface area contributed by atoms with Crippen molar-refractivity contribution in [3.8, 4) is 0 Å². The zero-order valence-electron chi connectivity index (χ0n) is 7.95. The first-order chi connectivity index (χ1) is 6.34. The summed E-state index contributed by atoms with van der Waals surface area (Å²) in [5, 5.41) is 3.36. The summed E-state index contributed by atoms with van der Waals surface area (Å²) in [6.45, 7) is 1.99. The molecule has 1 fully saturated rings. The fourth-order valence-electron chi connectivity index (χ4n) is 1.77. The van der Waals surface area contributed by atoms with Gasteiger partial charge in [-0.05, 0) is 25.8 Å². The maximum absolute atomic E-state index is 4.31. The van der Waals surface area contributed by atoms with Crippen LogP contribution < -0.4 is 5.32 Å². The molecule has 0 radical (unpaired) electrons. The zero-order valence-corrected chi connectivity index (χ0v) is 7.95. The quantitative estimate of drug-likeness (QED) is 0.752. The number of aryl methyl sites for hydroxylation is 1. The van der Waals surface area contributed by atoms with E-state index in [4.69, 9.17) is 0 Å². The van der Waals surface area contributed by atoms with Crippen molar-refractivity contribution >= 4 is 5.95 Å². The van der Waals surface area contributed by atoms with Crippen LogP contribution in [-0.2, 0) is 0 Å². The molecule has 0 spiro atoms. The minimum absolute atomic E-state index is 0.599. The minimum Gasteiger partial charge on any atom is -0.351 e. The number of nitrogens with one attached hydrogen (secondary N) is 1. The number of hydrogen-bond acceptors (Lipinski definition) is 3. The maximum atomic E-state index is 4.31. The van der Waals surface area contributed by atoms with Crippen molar-refractivity contribution in [2.45, 2.75) is 38.6 Å². The largest absolute Gasteiger partial charge is 0.351 e. The predicted octanol–water partition coefficient (Wildman–Crippen LogP) is 2.14. The van der Waals surface area contributed by atoms with Crippen LogP contribution in [0, 0.1) is 6.92 Å². The molecular formula is C10H15N3. The Morgan fingerprint density at radius 3 is 2.85 bits per heavy atom. The molecule has 0 aliphatic heterocycles. The second-order valence-corrected chi connectivity index (χ2v) is 3.65.